The number of nitrogens with one attached hydrogen (secondary N) is 1. The van der Waals surface area contributed by atoms with Crippen molar-refractivity contribution in [1.29, 1.82) is 0 Å². The van der Waals surface area contributed by atoms with Gasteiger partial charge in [0.1, 0.15) is 6.10 Å². The molecule has 1 atom stereocenters. The van der Waals surface area contributed by atoms with Crippen LogP contribution in [0.5, 0.6) is 5.75 Å². The van der Waals surface area contributed by atoms with E-state index in [1.165, 1.54) is 11.1 Å². The van der Waals surface area contributed by atoms with Crippen molar-refractivity contribution in [3.8, 4) is 5.75 Å². The molecule has 0 bridgehead atoms. The maximum Gasteiger partial charge on any atom is 0.161 e. The van der Waals surface area contributed by atoms with Gasteiger partial charge in [0.05, 0.1) is 17.3 Å². The third-order valence-electron chi connectivity index (χ3n) is 3.68. The molecule has 0 saturated heterocycles. The van der Waals surface area contributed by atoms with Crippen LogP contribution in [0.25, 0.3) is 0 Å². The van der Waals surface area contributed by atoms with Gasteiger partial charge in [-0.3, -0.25) is 0 Å². The summed E-state index contributed by atoms with van der Waals surface area (Å²) in [4.78, 5) is 0. The molecule has 2 aromatic carbocycles. The van der Waals surface area contributed by atoms with Crippen LogP contribution < -0.4 is 10.1 Å². The van der Waals surface area contributed by atoms with E-state index in [1.54, 1.807) is 0 Å². The average Bonchev–Trinajstić information content (AvgIpc) is 2.47. The summed E-state index contributed by atoms with van der Waals surface area (Å²) in [5, 5.41) is 4.03. The predicted molar refractivity (Wildman–Crippen MR) is 83.8 cm³/mol. The van der Waals surface area contributed by atoms with E-state index in [4.69, 9.17) is 16.3 Å². The Morgan fingerprint density at radius 1 is 1.15 bits per heavy atom. The molecule has 0 fully saturated rings. The van der Waals surface area contributed by atoms with Crippen molar-refractivity contribution in [3.05, 3.63) is 58.6 Å². The van der Waals surface area contributed by atoms with Gasteiger partial charge < -0.3 is 10.1 Å². The van der Waals surface area contributed by atoms with Crippen LogP contribution in [-0.4, -0.2) is 6.54 Å². The summed E-state index contributed by atoms with van der Waals surface area (Å²) >= 11 is 6.20. The van der Waals surface area contributed by atoms with E-state index in [0.717, 1.165) is 18.0 Å². The van der Waals surface area contributed by atoms with Crippen molar-refractivity contribution in [1.82, 2.24) is 0 Å². The largest absolute Gasteiger partial charge is 0.480 e. The number of hydrogen-bond donors (Lipinski definition) is 1. The van der Waals surface area contributed by atoms with Gasteiger partial charge in [-0.05, 0) is 29.2 Å². The van der Waals surface area contributed by atoms with E-state index in [9.17, 15) is 0 Å². The number of rotatable bonds is 2. The van der Waals surface area contributed by atoms with Crippen LogP contribution in [-0.2, 0) is 0 Å². The Balaban J connectivity index is 1.85. The maximum atomic E-state index is 6.20. The number of anilines is 1. The minimum atomic E-state index is 0.00334. The van der Waals surface area contributed by atoms with Crippen molar-refractivity contribution in [2.24, 2.45) is 0 Å². The summed E-state index contributed by atoms with van der Waals surface area (Å²) < 4.78 is 6.05. The average molecular weight is 288 g/mol. The summed E-state index contributed by atoms with van der Waals surface area (Å²) in [5.74, 6) is 1.29. The minimum absolute atomic E-state index is 0.00334. The molecule has 2 nitrogen and oxygen atoms in total. The summed E-state index contributed by atoms with van der Waals surface area (Å²) in [5.41, 5.74) is 3.48. The van der Waals surface area contributed by atoms with Crippen molar-refractivity contribution < 1.29 is 4.74 Å². The fraction of sp³-hybridized carbons (Fsp3) is 0.294. The molecule has 1 aliphatic heterocycles. The molecular formula is C17H18ClNO. The number of para-hydroxylation sites is 1. The molecule has 0 radical (unpaired) electrons. The fourth-order valence-electron chi connectivity index (χ4n) is 2.44. The number of fused-ring (bicyclic) bond motifs is 1. The van der Waals surface area contributed by atoms with Gasteiger partial charge in [-0.2, -0.15) is 0 Å². The molecule has 0 spiro atoms. The lowest BCUT2D eigenvalue weighted by atomic mass is 9.99. The summed E-state index contributed by atoms with van der Waals surface area (Å²) in [6.07, 6.45) is 0.00334. The van der Waals surface area contributed by atoms with E-state index in [1.807, 2.05) is 18.2 Å². The maximum absolute atomic E-state index is 6.20. The first-order valence-corrected chi connectivity index (χ1v) is 7.32. The third-order valence-corrected chi connectivity index (χ3v) is 3.98. The second kappa shape index (κ2) is 5.37. The molecule has 1 unspecified atom stereocenters. The first-order chi connectivity index (χ1) is 9.65. The Labute approximate surface area is 124 Å². The molecule has 3 heteroatoms. The van der Waals surface area contributed by atoms with Gasteiger partial charge in [-0.15, -0.1) is 0 Å². The van der Waals surface area contributed by atoms with Gasteiger partial charge in [0, 0.05) is 0 Å². The van der Waals surface area contributed by atoms with Gasteiger partial charge in [-0.1, -0.05) is 55.8 Å². The highest BCUT2D eigenvalue weighted by molar-refractivity contribution is 6.32. The van der Waals surface area contributed by atoms with Gasteiger partial charge >= 0.3 is 0 Å². The molecule has 1 heterocycles. The molecule has 0 aromatic heterocycles. The quantitative estimate of drug-likeness (QED) is 0.838. The van der Waals surface area contributed by atoms with E-state index >= 15 is 0 Å². The number of ether oxygens (including phenoxy) is 1. The number of benzene rings is 2. The molecule has 0 amide bonds. The van der Waals surface area contributed by atoms with E-state index < -0.39 is 0 Å². The van der Waals surface area contributed by atoms with E-state index in [2.05, 4.69) is 43.4 Å². The van der Waals surface area contributed by atoms with Gasteiger partial charge in [0.2, 0.25) is 0 Å². The zero-order chi connectivity index (χ0) is 14.1. The van der Waals surface area contributed by atoms with Crippen LogP contribution in [0.3, 0.4) is 0 Å². The summed E-state index contributed by atoms with van der Waals surface area (Å²) in [7, 11) is 0. The lowest BCUT2D eigenvalue weighted by Gasteiger charge is -2.28. The van der Waals surface area contributed by atoms with Crippen molar-refractivity contribution in [2.45, 2.75) is 25.9 Å². The monoisotopic (exact) mass is 287 g/mol. The normalized spacial score (nSPS) is 17.3. The van der Waals surface area contributed by atoms with Crippen LogP contribution in [0.4, 0.5) is 5.69 Å². The minimum Gasteiger partial charge on any atom is -0.480 e. The van der Waals surface area contributed by atoms with E-state index in [0.29, 0.717) is 10.9 Å². The van der Waals surface area contributed by atoms with Gasteiger partial charge in [-0.25, -0.2) is 0 Å². The lowest BCUT2D eigenvalue weighted by molar-refractivity contribution is 0.210. The van der Waals surface area contributed by atoms with Crippen molar-refractivity contribution >= 4 is 17.3 Å². The Morgan fingerprint density at radius 2 is 1.90 bits per heavy atom. The number of hydrogen-bond acceptors (Lipinski definition) is 2. The fourth-order valence-corrected chi connectivity index (χ4v) is 2.65. The highest BCUT2D eigenvalue weighted by atomic mass is 35.5. The molecule has 104 valence electrons. The van der Waals surface area contributed by atoms with Crippen LogP contribution in [0, 0.1) is 0 Å². The summed E-state index contributed by atoms with van der Waals surface area (Å²) in [6, 6.07) is 14.4. The smallest absolute Gasteiger partial charge is 0.161 e. The topological polar surface area (TPSA) is 21.3 Å². The van der Waals surface area contributed by atoms with Crippen molar-refractivity contribution in [2.75, 3.05) is 11.9 Å². The van der Waals surface area contributed by atoms with Gasteiger partial charge in [0.15, 0.2) is 5.75 Å². The Morgan fingerprint density at radius 3 is 2.60 bits per heavy atom. The zero-order valence-corrected chi connectivity index (χ0v) is 12.4. The predicted octanol–water partition coefficient (Wildman–Crippen LogP) is 5.01. The molecule has 0 saturated carbocycles. The molecule has 3 rings (SSSR count). The molecule has 20 heavy (non-hydrogen) atoms. The standard InChI is InChI=1S/C17H18ClNO/c1-11(2)12-6-8-13(9-7-12)16-10-19-15-5-3-4-14(18)17(15)20-16/h3-9,11,16,19H,10H2,1-2H3. The molecule has 1 N–H and O–H groups in total. The number of halogens is 1. The highest BCUT2D eigenvalue weighted by Gasteiger charge is 2.22. The van der Waals surface area contributed by atoms with Crippen LogP contribution >= 0.6 is 11.6 Å². The van der Waals surface area contributed by atoms with Crippen LogP contribution in [0.1, 0.15) is 37.0 Å². The second-order valence-corrected chi connectivity index (χ2v) is 5.83. The summed E-state index contributed by atoms with van der Waals surface area (Å²) in [6.45, 7) is 5.15. The molecular weight excluding hydrogens is 270 g/mol. The van der Waals surface area contributed by atoms with Crippen LogP contribution in [0.2, 0.25) is 5.02 Å². The first-order valence-electron chi connectivity index (χ1n) is 6.94. The zero-order valence-electron chi connectivity index (χ0n) is 11.7. The first kappa shape index (κ1) is 13.3. The Hall–Kier alpha value is -1.67. The van der Waals surface area contributed by atoms with Crippen molar-refractivity contribution in [3.63, 3.8) is 0 Å². The van der Waals surface area contributed by atoms with Crippen LogP contribution in [0.15, 0.2) is 42.5 Å². The lowest BCUT2D eigenvalue weighted by Crippen LogP contribution is -2.23. The molecule has 0 aliphatic carbocycles. The Bertz CT molecular complexity index is 607. The molecule has 1 aliphatic rings. The second-order valence-electron chi connectivity index (χ2n) is 5.43. The Kier molecular flexibility index (Phi) is 3.58. The highest BCUT2D eigenvalue weighted by Crippen LogP contribution is 2.39. The third kappa shape index (κ3) is 2.48. The SMILES string of the molecule is CC(C)c1ccc(C2CNc3cccc(Cl)c3O2)cc1. The van der Waals surface area contributed by atoms with Gasteiger partial charge in [0.25, 0.3) is 0 Å². The molecule has 2 aromatic rings. The van der Waals surface area contributed by atoms with E-state index in [-0.39, 0.29) is 6.10 Å².